The van der Waals surface area contributed by atoms with Crippen molar-refractivity contribution in [3.8, 4) is 0 Å². The SMILES string of the molecule is C[C@H](O)CO[SiH](c1ccccc1)c1ccccc1. The molecule has 1 N–H and O–H groups in total. The number of hydrogen-bond donors (Lipinski definition) is 1. The molecule has 0 bridgehead atoms. The summed E-state index contributed by atoms with van der Waals surface area (Å²) in [5.41, 5.74) is 0. The molecule has 0 fully saturated rings. The van der Waals surface area contributed by atoms with Crippen molar-refractivity contribution < 1.29 is 9.53 Å². The molecule has 0 spiro atoms. The molecule has 0 aliphatic rings. The first kappa shape index (κ1) is 13.0. The van der Waals surface area contributed by atoms with Gasteiger partial charge in [0, 0.05) is 0 Å². The fourth-order valence-corrected chi connectivity index (χ4v) is 4.26. The molecule has 2 aromatic carbocycles. The van der Waals surface area contributed by atoms with Crippen molar-refractivity contribution >= 4 is 19.4 Å². The van der Waals surface area contributed by atoms with E-state index in [1.54, 1.807) is 6.92 Å². The number of rotatable bonds is 5. The summed E-state index contributed by atoms with van der Waals surface area (Å²) in [5.74, 6) is 0. The van der Waals surface area contributed by atoms with Crippen molar-refractivity contribution in [2.45, 2.75) is 13.0 Å². The Morgan fingerprint density at radius 2 is 1.39 bits per heavy atom. The van der Waals surface area contributed by atoms with Crippen LogP contribution >= 0.6 is 0 Å². The lowest BCUT2D eigenvalue weighted by atomic mass is 10.4. The Morgan fingerprint density at radius 3 is 1.78 bits per heavy atom. The normalized spacial score (nSPS) is 12.6. The lowest BCUT2D eigenvalue weighted by Gasteiger charge is -2.18. The molecule has 1 atom stereocenters. The highest BCUT2D eigenvalue weighted by atomic mass is 28.3. The molecule has 0 saturated carbocycles. The molecule has 0 aliphatic heterocycles. The topological polar surface area (TPSA) is 29.5 Å². The van der Waals surface area contributed by atoms with Crippen LogP contribution in [0.25, 0.3) is 0 Å². The summed E-state index contributed by atoms with van der Waals surface area (Å²) in [5, 5.41) is 11.9. The van der Waals surface area contributed by atoms with E-state index in [2.05, 4.69) is 24.3 Å². The average molecular weight is 258 g/mol. The van der Waals surface area contributed by atoms with Crippen LogP contribution < -0.4 is 10.4 Å². The Labute approximate surface area is 110 Å². The third kappa shape index (κ3) is 3.53. The van der Waals surface area contributed by atoms with E-state index in [4.69, 9.17) is 4.43 Å². The van der Waals surface area contributed by atoms with Crippen LogP contribution in [0.4, 0.5) is 0 Å². The highest BCUT2D eigenvalue weighted by Gasteiger charge is 2.17. The number of hydrogen-bond acceptors (Lipinski definition) is 2. The first-order chi connectivity index (χ1) is 8.77. The minimum absolute atomic E-state index is 0.390. The van der Waals surface area contributed by atoms with Gasteiger partial charge in [-0.3, -0.25) is 0 Å². The van der Waals surface area contributed by atoms with Gasteiger partial charge in [-0.1, -0.05) is 60.7 Å². The Morgan fingerprint density at radius 1 is 0.944 bits per heavy atom. The highest BCUT2D eigenvalue weighted by Crippen LogP contribution is 1.96. The van der Waals surface area contributed by atoms with Crippen LogP contribution in [0, 0.1) is 0 Å². The van der Waals surface area contributed by atoms with E-state index < -0.39 is 15.1 Å². The summed E-state index contributed by atoms with van der Waals surface area (Å²) < 4.78 is 5.96. The second kappa shape index (κ2) is 6.49. The lowest BCUT2D eigenvalue weighted by Crippen LogP contribution is -2.46. The molecule has 94 valence electrons. The summed E-state index contributed by atoms with van der Waals surface area (Å²) in [4.78, 5) is 0. The van der Waals surface area contributed by atoms with E-state index in [0.717, 1.165) is 0 Å². The van der Waals surface area contributed by atoms with E-state index in [9.17, 15) is 5.11 Å². The smallest absolute Gasteiger partial charge is 0.239 e. The monoisotopic (exact) mass is 258 g/mol. The second-order valence-electron chi connectivity index (χ2n) is 4.38. The molecular formula is C15H18O2Si. The first-order valence-corrected chi connectivity index (χ1v) is 7.79. The van der Waals surface area contributed by atoms with Gasteiger partial charge in [-0.25, -0.2) is 0 Å². The maximum Gasteiger partial charge on any atom is 0.239 e. The highest BCUT2D eigenvalue weighted by molar-refractivity contribution is 6.80. The molecule has 0 unspecified atom stereocenters. The predicted molar refractivity (Wildman–Crippen MR) is 76.9 cm³/mol. The summed E-state index contributed by atoms with van der Waals surface area (Å²) in [6, 6.07) is 20.6. The molecule has 0 amide bonds. The Hall–Kier alpha value is -1.42. The van der Waals surface area contributed by atoms with Crippen molar-refractivity contribution in [2.75, 3.05) is 6.61 Å². The zero-order chi connectivity index (χ0) is 12.8. The fraction of sp³-hybridized carbons (Fsp3) is 0.200. The van der Waals surface area contributed by atoms with Gasteiger partial charge < -0.3 is 9.53 Å². The Balaban J connectivity index is 2.24. The molecule has 2 rings (SSSR count). The summed E-state index contributed by atoms with van der Waals surface area (Å²) in [7, 11) is -1.67. The van der Waals surface area contributed by atoms with Crippen molar-refractivity contribution in [3.05, 3.63) is 60.7 Å². The molecule has 0 radical (unpaired) electrons. The van der Waals surface area contributed by atoms with Crippen LogP contribution in [0.2, 0.25) is 0 Å². The molecule has 0 aliphatic carbocycles. The zero-order valence-corrected chi connectivity index (χ0v) is 11.6. The third-order valence-electron chi connectivity index (χ3n) is 2.71. The van der Waals surface area contributed by atoms with Gasteiger partial charge >= 0.3 is 0 Å². The zero-order valence-electron chi connectivity index (χ0n) is 10.5. The molecule has 0 aromatic heterocycles. The molecule has 0 saturated heterocycles. The van der Waals surface area contributed by atoms with Gasteiger partial charge in [0.05, 0.1) is 12.7 Å². The van der Waals surface area contributed by atoms with E-state index >= 15 is 0 Å². The van der Waals surface area contributed by atoms with Crippen LogP contribution in [0.15, 0.2) is 60.7 Å². The fourth-order valence-electron chi connectivity index (χ4n) is 1.88. The van der Waals surface area contributed by atoms with Crippen LogP contribution in [0.3, 0.4) is 0 Å². The van der Waals surface area contributed by atoms with Gasteiger partial charge in [-0.15, -0.1) is 0 Å². The van der Waals surface area contributed by atoms with Crippen LogP contribution in [0.5, 0.6) is 0 Å². The Bertz CT molecular complexity index is 417. The maximum absolute atomic E-state index is 9.39. The van der Waals surface area contributed by atoms with E-state index in [0.29, 0.717) is 6.61 Å². The van der Waals surface area contributed by atoms with Gasteiger partial charge in [-0.2, -0.15) is 0 Å². The predicted octanol–water partition coefficient (Wildman–Crippen LogP) is 0.922. The Kier molecular flexibility index (Phi) is 4.70. The minimum Gasteiger partial charge on any atom is -0.408 e. The van der Waals surface area contributed by atoms with Crippen molar-refractivity contribution in [1.82, 2.24) is 0 Å². The van der Waals surface area contributed by atoms with E-state index in [-0.39, 0.29) is 0 Å². The van der Waals surface area contributed by atoms with Gasteiger partial charge in [0.15, 0.2) is 0 Å². The largest absolute Gasteiger partial charge is 0.408 e. The van der Waals surface area contributed by atoms with E-state index in [1.807, 2.05) is 36.4 Å². The lowest BCUT2D eigenvalue weighted by molar-refractivity contribution is 0.124. The van der Waals surface area contributed by atoms with Gasteiger partial charge in [-0.05, 0) is 17.3 Å². The standard InChI is InChI=1S/C15H18O2Si/c1-13(16)12-17-18(14-8-4-2-5-9-14)15-10-6-3-7-11-15/h2-11,13,16,18H,12H2,1H3/t13-/m0/s1. The summed E-state index contributed by atoms with van der Waals surface area (Å²) >= 11 is 0. The van der Waals surface area contributed by atoms with Gasteiger partial charge in [0.2, 0.25) is 9.04 Å². The average Bonchev–Trinajstić information content (AvgIpc) is 2.41. The molecule has 2 nitrogen and oxygen atoms in total. The number of benzene rings is 2. The molecular weight excluding hydrogens is 240 g/mol. The third-order valence-corrected chi connectivity index (χ3v) is 5.22. The van der Waals surface area contributed by atoms with Crippen molar-refractivity contribution in [1.29, 1.82) is 0 Å². The molecule has 2 aromatic rings. The number of aliphatic hydroxyl groups excluding tert-OH is 1. The van der Waals surface area contributed by atoms with Crippen LogP contribution in [0.1, 0.15) is 6.92 Å². The van der Waals surface area contributed by atoms with Crippen LogP contribution in [-0.4, -0.2) is 26.9 Å². The van der Waals surface area contributed by atoms with Crippen LogP contribution in [-0.2, 0) is 4.43 Å². The summed E-state index contributed by atoms with van der Waals surface area (Å²) in [6.07, 6.45) is -0.424. The van der Waals surface area contributed by atoms with Gasteiger partial charge in [0.1, 0.15) is 0 Å². The minimum atomic E-state index is -1.67. The first-order valence-electron chi connectivity index (χ1n) is 6.17. The molecule has 3 heteroatoms. The second-order valence-corrected chi connectivity index (χ2v) is 6.81. The molecule has 18 heavy (non-hydrogen) atoms. The van der Waals surface area contributed by atoms with E-state index in [1.165, 1.54) is 10.4 Å². The maximum atomic E-state index is 9.39. The molecule has 0 heterocycles. The van der Waals surface area contributed by atoms with Crippen molar-refractivity contribution in [3.63, 3.8) is 0 Å². The van der Waals surface area contributed by atoms with Gasteiger partial charge in [0.25, 0.3) is 0 Å². The van der Waals surface area contributed by atoms with Crippen molar-refractivity contribution in [2.24, 2.45) is 0 Å². The summed E-state index contributed by atoms with van der Waals surface area (Å²) in [6.45, 7) is 2.14. The quantitative estimate of drug-likeness (QED) is 0.808. The number of aliphatic hydroxyl groups is 1.